The zero-order valence-electron chi connectivity index (χ0n) is 12.4. The van der Waals surface area contributed by atoms with Gasteiger partial charge in [-0.2, -0.15) is 12.1 Å². The van der Waals surface area contributed by atoms with Gasteiger partial charge in [0.1, 0.15) is 0 Å². The van der Waals surface area contributed by atoms with E-state index in [4.69, 9.17) is 0 Å². The summed E-state index contributed by atoms with van der Waals surface area (Å²) in [5, 5.41) is 0. The van der Waals surface area contributed by atoms with Crippen molar-refractivity contribution in [3.8, 4) is 0 Å². The van der Waals surface area contributed by atoms with Crippen molar-refractivity contribution >= 4 is 0 Å². The van der Waals surface area contributed by atoms with Crippen molar-refractivity contribution < 1.29 is 29.2 Å². The number of halogens is 2. The SMILES string of the molecule is Fc1[c-]ccc(C2CCC(C3CCCCC3)CC2)c1F.[Re]. The molecule has 2 saturated carbocycles. The first-order chi connectivity index (χ1) is 9.75. The van der Waals surface area contributed by atoms with Crippen molar-refractivity contribution in [1.82, 2.24) is 0 Å². The Hall–Kier alpha value is -0.258. The summed E-state index contributed by atoms with van der Waals surface area (Å²) >= 11 is 0. The quantitative estimate of drug-likeness (QED) is 0.500. The molecule has 0 atom stereocenters. The summed E-state index contributed by atoms with van der Waals surface area (Å²) in [7, 11) is 0. The van der Waals surface area contributed by atoms with Crippen LogP contribution in [0.1, 0.15) is 69.3 Å². The first-order valence-electron chi connectivity index (χ1n) is 8.11. The molecule has 0 N–H and O–H groups in total. The first kappa shape index (κ1) is 17.1. The van der Waals surface area contributed by atoms with Gasteiger partial charge in [-0.05, 0) is 43.4 Å². The molecule has 0 saturated heterocycles. The fourth-order valence-corrected chi connectivity index (χ4v) is 4.29. The van der Waals surface area contributed by atoms with Crippen molar-refractivity contribution in [1.29, 1.82) is 0 Å². The molecule has 1 radical (unpaired) electrons. The number of hydrogen-bond acceptors (Lipinski definition) is 0. The Kier molecular flexibility index (Phi) is 6.38. The molecule has 1 aromatic carbocycles. The molecular weight excluding hydrogens is 440 g/mol. The fourth-order valence-electron chi connectivity index (χ4n) is 4.29. The topological polar surface area (TPSA) is 0 Å². The molecule has 0 aliphatic heterocycles. The van der Waals surface area contributed by atoms with Crippen molar-refractivity contribution in [2.24, 2.45) is 11.8 Å². The van der Waals surface area contributed by atoms with Crippen LogP contribution in [0.4, 0.5) is 8.78 Å². The smallest absolute Gasteiger partial charge is 0.0469 e. The van der Waals surface area contributed by atoms with Gasteiger partial charge in [-0.15, -0.1) is 11.6 Å². The maximum atomic E-state index is 13.8. The van der Waals surface area contributed by atoms with Gasteiger partial charge >= 0.3 is 0 Å². The Bertz CT molecular complexity index is 447. The monoisotopic (exact) mass is 464 g/mol. The molecule has 0 bridgehead atoms. The average Bonchev–Trinajstić information content (AvgIpc) is 2.51. The number of benzene rings is 1. The molecule has 0 aromatic heterocycles. The fraction of sp³-hybridized carbons (Fsp3) is 0.667. The molecule has 2 aliphatic carbocycles. The van der Waals surface area contributed by atoms with Gasteiger partial charge in [-0.1, -0.05) is 32.1 Å². The summed E-state index contributed by atoms with van der Waals surface area (Å²) in [6.07, 6.45) is 11.4. The van der Waals surface area contributed by atoms with Gasteiger partial charge in [-0.25, -0.2) is 4.39 Å². The molecule has 21 heavy (non-hydrogen) atoms. The Balaban J connectivity index is 0.00000161. The van der Waals surface area contributed by atoms with Crippen LogP contribution in [0, 0.1) is 29.5 Å². The molecule has 0 spiro atoms. The Labute approximate surface area is 140 Å². The van der Waals surface area contributed by atoms with E-state index in [0.29, 0.717) is 5.56 Å². The van der Waals surface area contributed by atoms with Crippen molar-refractivity contribution in [3.63, 3.8) is 0 Å². The molecule has 0 nitrogen and oxygen atoms in total. The van der Waals surface area contributed by atoms with Crippen LogP contribution in [-0.4, -0.2) is 0 Å². The second-order valence-electron chi connectivity index (χ2n) is 6.57. The second kappa shape index (κ2) is 7.84. The van der Waals surface area contributed by atoms with E-state index in [0.717, 1.165) is 24.7 Å². The van der Waals surface area contributed by atoms with Crippen molar-refractivity contribution in [3.05, 3.63) is 35.4 Å². The standard InChI is InChI=1S/C18H23F2.Re/c19-17-8-4-7-16(18(17)20)15-11-9-14(10-12-15)13-5-2-1-3-6-13;/h4,7,13-15H,1-3,5-6,9-12H2;/q-1;. The van der Waals surface area contributed by atoms with Crippen LogP contribution < -0.4 is 0 Å². The zero-order valence-corrected chi connectivity index (χ0v) is 15.1. The average molecular weight is 464 g/mol. The van der Waals surface area contributed by atoms with E-state index in [-0.39, 0.29) is 26.3 Å². The van der Waals surface area contributed by atoms with E-state index >= 15 is 0 Å². The van der Waals surface area contributed by atoms with E-state index in [1.807, 2.05) is 0 Å². The van der Waals surface area contributed by atoms with Gasteiger partial charge in [0.2, 0.25) is 0 Å². The third kappa shape index (κ3) is 3.93. The summed E-state index contributed by atoms with van der Waals surface area (Å²) in [5.41, 5.74) is 0.573. The maximum Gasteiger partial charge on any atom is 0.0469 e. The van der Waals surface area contributed by atoms with Crippen LogP contribution in [-0.2, 0) is 20.4 Å². The molecule has 1 aromatic rings. The van der Waals surface area contributed by atoms with Crippen LogP contribution in [0.5, 0.6) is 0 Å². The Morgan fingerprint density at radius 2 is 1.48 bits per heavy atom. The minimum absolute atomic E-state index is 0. The molecule has 0 unspecified atom stereocenters. The van der Waals surface area contributed by atoms with Crippen LogP contribution in [0.2, 0.25) is 0 Å². The normalized spacial score (nSPS) is 27.1. The van der Waals surface area contributed by atoms with Crippen LogP contribution >= 0.6 is 0 Å². The number of hydrogen-bond donors (Lipinski definition) is 0. The molecule has 117 valence electrons. The molecular formula is C18H23F2Re-. The van der Waals surface area contributed by atoms with E-state index < -0.39 is 11.6 Å². The van der Waals surface area contributed by atoms with E-state index in [1.165, 1.54) is 51.0 Å². The summed E-state index contributed by atoms with van der Waals surface area (Å²) in [6.45, 7) is 0. The molecule has 0 amide bonds. The summed E-state index contributed by atoms with van der Waals surface area (Å²) < 4.78 is 27.1. The largest absolute Gasteiger partial charge is 0.281 e. The minimum atomic E-state index is -0.822. The summed E-state index contributed by atoms with van der Waals surface area (Å²) in [6, 6.07) is 5.53. The second-order valence-corrected chi connectivity index (χ2v) is 6.57. The zero-order chi connectivity index (χ0) is 13.9. The van der Waals surface area contributed by atoms with Gasteiger partial charge in [0.15, 0.2) is 0 Å². The third-order valence-corrected chi connectivity index (χ3v) is 5.45. The van der Waals surface area contributed by atoms with E-state index in [9.17, 15) is 8.78 Å². The summed E-state index contributed by atoms with van der Waals surface area (Å²) in [4.78, 5) is 0. The van der Waals surface area contributed by atoms with Crippen molar-refractivity contribution in [2.45, 2.75) is 63.7 Å². The first-order valence-corrected chi connectivity index (χ1v) is 8.11. The predicted octanol–water partition coefficient (Wildman–Crippen LogP) is 5.62. The predicted molar refractivity (Wildman–Crippen MR) is 76.5 cm³/mol. The molecule has 3 rings (SSSR count). The molecule has 0 heterocycles. The summed E-state index contributed by atoms with van der Waals surface area (Å²) in [5.74, 6) is 0.439. The van der Waals surface area contributed by atoms with Crippen LogP contribution in [0.25, 0.3) is 0 Å². The maximum absolute atomic E-state index is 13.8. The third-order valence-electron chi connectivity index (χ3n) is 5.45. The van der Waals surface area contributed by atoms with Gasteiger partial charge in [0, 0.05) is 32.1 Å². The molecule has 3 heteroatoms. The molecule has 2 fully saturated rings. The molecule has 2 aliphatic rings. The number of rotatable bonds is 2. The van der Waals surface area contributed by atoms with Gasteiger partial charge in [-0.3, -0.25) is 4.39 Å². The van der Waals surface area contributed by atoms with Crippen LogP contribution in [0.3, 0.4) is 0 Å². The Morgan fingerprint density at radius 1 is 0.857 bits per heavy atom. The minimum Gasteiger partial charge on any atom is -0.281 e. The van der Waals surface area contributed by atoms with Gasteiger partial charge in [0.25, 0.3) is 0 Å². The van der Waals surface area contributed by atoms with Gasteiger partial charge in [0.05, 0.1) is 0 Å². The van der Waals surface area contributed by atoms with E-state index in [2.05, 4.69) is 6.07 Å². The van der Waals surface area contributed by atoms with Crippen molar-refractivity contribution in [2.75, 3.05) is 0 Å². The van der Waals surface area contributed by atoms with E-state index in [1.54, 1.807) is 6.07 Å². The van der Waals surface area contributed by atoms with Gasteiger partial charge < -0.3 is 0 Å². The van der Waals surface area contributed by atoms with Crippen LogP contribution in [0.15, 0.2) is 12.1 Å². The Morgan fingerprint density at radius 3 is 2.14 bits per heavy atom.